The number of hydrogen-bond donors (Lipinski definition) is 1. The van der Waals surface area contributed by atoms with Gasteiger partial charge in [-0.15, -0.1) is 0 Å². The van der Waals surface area contributed by atoms with Gasteiger partial charge in [0.1, 0.15) is 0 Å². The Morgan fingerprint density at radius 2 is 1.88 bits per heavy atom. The first-order chi connectivity index (χ1) is 8.08. The normalized spacial score (nSPS) is 23.6. The fourth-order valence-corrected chi connectivity index (χ4v) is 2.55. The Bertz CT molecular complexity index is 397. The summed E-state index contributed by atoms with van der Waals surface area (Å²) < 4.78 is 0. The SMILES string of the molecule is CN(C)c1ccc(C2CCC(C(=O)O)C2)cc1. The van der Waals surface area contributed by atoms with Crippen LogP contribution < -0.4 is 4.90 Å². The molecule has 1 aromatic rings. The molecule has 92 valence electrons. The summed E-state index contributed by atoms with van der Waals surface area (Å²) in [6.45, 7) is 0. The number of anilines is 1. The Morgan fingerprint density at radius 1 is 1.24 bits per heavy atom. The van der Waals surface area contributed by atoms with Crippen LogP contribution in [0.4, 0.5) is 5.69 Å². The highest BCUT2D eigenvalue weighted by molar-refractivity contribution is 5.70. The number of carbonyl (C=O) groups is 1. The summed E-state index contributed by atoms with van der Waals surface area (Å²) in [7, 11) is 4.04. The topological polar surface area (TPSA) is 40.5 Å². The second-order valence-electron chi connectivity index (χ2n) is 5.03. The fourth-order valence-electron chi connectivity index (χ4n) is 2.55. The quantitative estimate of drug-likeness (QED) is 0.872. The first-order valence-corrected chi connectivity index (χ1v) is 6.08. The predicted molar refractivity (Wildman–Crippen MR) is 68.5 cm³/mol. The Morgan fingerprint density at radius 3 is 2.35 bits per heavy atom. The molecule has 3 nitrogen and oxygen atoms in total. The van der Waals surface area contributed by atoms with Gasteiger partial charge in [0.2, 0.25) is 0 Å². The van der Waals surface area contributed by atoms with Crippen molar-refractivity contribution in [1.29, 1.82) is 0 Å². The minimum absolute atomic E-state index is 0.145. The van der Waals surface area contributed by atoms with Crippen LogP contribution in [0.5, 0.6) is 0 Å². The van der Waals surface area contributed by atoms with Crippen molar-refractivity contribution in [3.05, 3.63) is 29.8 Å². The lowest BCUT2D eigenvalue weighted by Gasteiger charge is -2.15. The molecule has 17 heavy (non-hydrogen) atoms. The molecule has 0 aliphatic heterocycles. The molecular formula is C14H19NO2. The van der Waals surface area contributed by atoms with Crippen LogP contribution in [0.1, 0.15) is 30.7 Å². The second-order valence-corrected chi connectivity index (χ2v) is 5.03. The molecule has 0 bridgehead atoms. The Kier molecular flexibility index (Phi) is 3.36. The van der Waals surface area contributed by atoms with Crippen LogP contribution in [0.15, 0.2) is 24.3 Å². The lowest BCUT2D eigenvalue weighted by atomic mass is 9.96. The number of carboxylic acid groups (broad SMARTS) is 1. The van der Waals surface area contributed by atoms with Gasteiger partial charge >= 0.3 is 5.97 Å². The highest BCUT2D eigenvalue weighted by Crippen LogP contribution is 2.38. The largest absolute Gasteiger partial charge is 0.481 e. The maximum absolute atomic E-state index is 10.9. The standard InChI is InChI=1S/C14H19NO2/c1-15(2)13-7-5-10(6-8-13)11-3-4-12(9-11)14(16)17/h5-8,11-12H,3-4,9H2,1-2H3,(H,16,17). The summed E-state index contributed by atoms with van der Waals surface area (Å²) in [5, 5.41) is 8.99. The van der Waals surface area contributed by atoms with E-state index in [9.17, 15) is 4.79 Å². The third-order valence-corrected chi connectivity index (χ3v) is 3.66. The first-order valence-electron chi connectivity index (χ1n) is 6.08. The third kappa shape index (κ3) is 2.60. The number of hydrogen-bond acceptors (Lipinski definition) is 2. The molecule has 1 aliphatic carbocycles. The van der Waals surface area contributed by atoms with Gasteiger partial charge < -0.3 is 10.0 Å². The van der Waals surface area contributed by atoms with Crippen molar-refractivity contribution in [2.24, 2.45) is 5.92 Å². The van der Waals surface area contributed by atoms with Crippen molar-refractivity contribution in [1.82, 2.24) is 0 Å². The summed E-state index contributed by atoms with van der Waals surface area (Å²) >= 11 is 0. The van der Waals surface area contributed by atoms with E-state index in [-0.39, 0.29) is 5.92 Å². The molecule has 0 heterocycles. The van der Waals surface area contributed by atoms with Gasteiger partial charge in [0.25, 0.3) is 0 Å². The van der Waals surface area contributed by atoms with E-state index >= 15 is 0 Å². The summed E-state index contributed by atoms with van der Waals surface area (Å²) in [6.07, 6.45) is 2.60. The van der Waals surface area contributed by atoms with Crippen molar-refractivity contribution in [2.75, 3.05) is 19.0 Å². The smallest absolute Gasteiger partial charge is 0.306 e. The van der Waals surface area contributed by atoms with Crippen molar-refractivity contribution in [2.45, 2.75) is 25.2 Å². The van der Waals surface area contributed by atoms with Gasteiger partial charge in [-0.3, -0.25) is 4.79 Å². The number of benzene rings is 1. The minimum atomic E-state index is -0.641. The van der Waals surface area contributed by atoms with Gasteiger partial charge in [0.15, 0.2) is 0 Å². The summed E-state index contributed by atoms with van der Waals surface area (Å²) in [5.41, 5.74) is 2.46. The van der Waals surface area contributed by atoms with Gasteiger partial charge in [-0.2, -0.15) is 0 Å². The molecule has 2 unspecified atom stereocenters. The van der Waals surface area contributed by atoms with E-state index in [1.807, 2.05) is 14.1 Å². The molecule has 0 spiro atoms. The molecule has 0 amide bonds. The molecule has 2 rings (SSSR count). The maximum Gasteiger partial charge on any atom is 0.306 e. The molecule has 0 aromatic heterocycles. The summed E-state index contributed by atoms with van der Waals surface area (Å²) in [4.78, 5) is 13.0. The number of carboxylic acids is 1. The van der Waals surface area contributed by atoms with E-state index in [0.717, 1.165) is 19.3 Å². The Labute approximate surface area is 102 Å². The van der Waals surface area contributed by atoms with Gasteiger partial charge in [-0.1, -0.05) is 12.1 Å². The average Bonchev–Trinajstić information content (AvgIpc) is 2.78. The van der Waals surface area contributed by atoms with Crippen LogP contribution in [0.2, 0.25) is 0 Å². The number of aliphatic carboxylic acids is 1. The second kappa shape index (κ2) is 4.78. The van der Waals surface area contributed by atoms with E-state index in [2.05, 4.69) is 29.2 Å². The lowest BCUT2D eigenvalue weighted by Crippen LogP contribution is -2.09. The van der Waals surface area contributed by atoms with Crippen molar-refractivity contribution >= 4 is 11.7 Å². The zero-order valence-corrected chi connectivity index (χ0v) is 10.4. The highest BCUT2D eigenvalue weighted by atomic mass is 16.4. The van der Waals surface area contributed by atoms with E-state index in [0.29, 0.717) is 5.92 Å². The Hall–Kier alpha value is -1.51. The van der Waals surface area contributed by atoms with Crippen LogP contribution in [-0.2, 0) is 4.79 Å². The van der Waals surface area contributed by atoms with Crippen LogP contribution in [0.3, 0.4) is 0 Å². The van der Waals surface area contributed by atoms with E-state index in [1.165, 1.54) is 11.3 Å². The average molecular weight is 233 g/mol. The van der Waals surface area contributed by atoms with Crippen molar-refractivity contribution in [3.63, 3.8) is 0 Å². The molecular weight excluding hydrogens is 214 g/mol. The minimum Gasteiger partial charge on any atom is -0.481 e. The zero-order chi connectivity index (χ0) is 12.4. The van der Waals surface area contributed by atoms with Gasteiger partial charge in [-0.25, -0.2) is 0 Å². The van der Waals surface area contributed by atoms with E-state index in [1.54, 1.807) is 0 Å². The monoisotopic (exact) mass is 233 g/mol. The first kappa shape index (κ1) is 12.0. The maximum atomic E-state index is 10.9. The van der Waals surface area contributed by atoms with Crippen molar-refractivity contribution < 1.29 is 9.90 Å². The summed E-state index contributed by atoms with van der Waals surface area (Å²) in [6, 6.07) is 8.46. The molecule has 0 saturated heterocycles. The molecule has 1 aromatic carbocycles. The third-order valence-electron chi connectivity index (χ3n) is 3.66. The molecule has 0 radical (unpaired) electrons. The van der Waals surface area contributed by atoms with Crippen LogP contribution in [0, 0.1) is 5.92 Å². The molecule has 1 aliphatic rings. The van der Waals surface area contributed by atoms with Gasteiger partial charge in [0, 0.05) is 19.8 Å². The Balaban J connectivity index is 2.06. The number of nitrogens with zero attached hydrogens (tertiary/aromatic N) is 1. The molecule has 2 atom stereocenters. The fraction of sp³-hybridized carbons (Fsp3) is 0.500. The van der Waals surface area contributed by atoms with Crippen LogP contribution >= 0.6 is 0 Å². The van der Waals surface area contributed by atoms with Gasteiger partial charge in [-0.05, 0) is 42.9 Å². The highest BCUT2D eigenvalue weighted by Gasteiger charge is 2.30. The molecule has 1 saturated carbocycles. The molecule has 1 fully saturated rings. The van der Waals surface area contributed by atoms with Crippen molar-refractivity contribution in [3.8, 4) is 0 Å². The molecule has 3 heteroatoms. The van der Waals surface area contributed by atoms with Crippen LogP contribution in [-0.4, -0.2) is 25.2 Å². The van der Waals surface area contributed by atoms with E-state index in [4.69, 9.17) is 5.11 Å². The summed E-state index contributed by atoms with van der Waals surface area (Å²) in [5.74, 6) is -0.363. The van der Waals surface area contributed by atoms with Crippen LogP contribution in [0.25, 0.3) is 0 Å². The molecule has 1 N–H and O–H groups in total. The zero-order valence-electron chi connectivity index (χ0n) is 10.4. The van der Waals surface area contributed by atoms with E-state index < -0.39 is 5.97 Å². The number of rotatable bonds is 3. The van der Waals surface area contributed by atoms with Gasteiger partial charge in [0.05, 0.1) is 5.92 Å². The predicted octanol–water partition coefficient (Wildman–Crippen LogP) is 2.72. The lowest BCUT2D eigenvalue weighted by molar-refractivity contribution is -0.141.